The first-order valence-electron chi connectivity index (χ1n) is 10.00. The standard InChI is InChI=1S/C25H22Cl2F2O/c1-15-2-8-20(23(27)10-15)22-12-16(11-21(22)17-3-5-18(26)6-4-17)14-30-19-7-9-24(28)25(29)13-19/h2-10,13,16,21-22H,11-12,14H2,1H3/t16-,21-,22+/m1/s1. The maximum Gasteiger partial charge on any atom is 0.162 e. The van der Waals surface area contributed by atoms with Crippen LogP contribution in [0.3, 0.4) is 0 Å². The van der Waals surface area contributed by atoms with Crippen molar-refractivity contribution in [1.29, 1.82) is 0 Å². The van der Waals surface area contributed by atoms with Gasteiger partial charge in [0.15, 0.2) is 11.6 Å². The topological polar surface area (TPSA) is 9.23 Å². The molecule has 0 unspecified atom stereocenters. The molecular weight excluding hydrogens is 425 g/mol. The van der Waals surface area contributed by atoms with Crippen molar-refractivity contribution in [2.75, 3.05) is 6.61 Å². The van der Waals surface area contributed by atoms with E-state index in [1.807, 2.05) is 25.1 Å². The molecule has 3 atom stereocenters. The SMILES string of the molecule is Cc1ccc([C@@H]2C[C@H](COc3ccc(F)c(F)c3)C[C@@H]2c2ccc(Cl)cc2)c(Cl)c1. The van der Waals surface area contributed by atoms with Crippen LogP contribution >= 0.6 is 23.2 Å². The highest BCUT2D eigenvalue weighted by Gasteiger charge is 2.37. The molecular formula is C25H22Cl2F2O. The van der Waals surface area contributed by atoms with Gasteiger partial charge in [-0.15, -0.1) is 0 Å². The lowest BCUT2D eigenvalue weighted by atomic mass is 9.84. The third-order valence-corrected chi connectivity index (χ3v) is 6.47. The van der Waals surface area contributed by atoms with Crippen LogP contribution in [0.5, 0.6) is 5.75 Å². The minimum absolute atomic E-state index is 0.248. The molecule has 0 amide bonds. The van der Waals surface area contributed by atoms with Crippen LogP contribution in [-0.2, 0) is 0 Å². The first-order valence-corrected chi connectivity index (χ1v) is 10.8. The van der Waals surface area contributed by atoms with Gasteiger partial charge in [-0.3, -0.25) is 0 Å². The summed E-state index contributed by atoms with van der Waals surface area (Å²) in [6.07, 6.45) is 1.82. The van der Waals surface area contributed by atoms with E-state index in [4.69, 9.17) is 27.9 Å². The quantitative estimate of drug-likeness (QED) is 0.386. The van der Waals surface area contributed by atoms with Crippen LogP contribution in [-0.4, -0.2) is 6.61 Å². The summed E-state index contributed by atoms with van der Waals surface area (Å²) >= 11 is 12.7. The Morgan fingerprint density at radius 1 is 0.867 bits per heavy atom. The largest absolute Gasteiger partial charge is 0.493 e. The van der Waals surface area contributed by atoms with E-state index >= 15 is 0 Å². The minimum Gasteiger partial charge on any atom is -0.493 e. The number of aryl methyl sites for hydroxylation is 1. The lowest BCUT2D eigenvalue weighted by Crippen LogP contribution is -2.09. The zero-order chi connectivity index (χ0) is 21.3. The van der Waals surface area contributed by atoms with E-state index in [0.29, 0.717) is 17.4 Å². The van der Waals surface area contributed by atoms with Crippen LogP contribution in [0.4, 0.5) is 8.78 Å². The van der Waals surface area contributed by atoms with Gasteiger partial charge in [0.05, 0.1) is 6.61 Å². The van der Waals surface area contributed by atoms with Crippen LogP contribution in [0, 0.1) is 24.5 Å². The average molecular weight is 447 g/mol. The van der Waals surface area contributed by atoms with Crippen LogP contribution in [0.1, 0.15) is 41.4 Å². The normalized spacial score (nSPS) is 21.0. The summed E-state index contributed by atoms with van der Waals surface area (Å²) in [5.74, 6) is -0.642. The van der Waals surface area contributed by atoms with Crippen molar-refractivity contribution in [3.05, 3.63) is 99.0 Å². The predicted molar refractivity (Wildman–Crippen MR) is 118 cm³/mol. The van der Waals surface area contributed by atoms with E-state index in [0.717, 1.165) is 41.1 Å². The highest BCUT2D eigenvalue weighted by Crippen LogP contribution is 2.50. The summed E-state index contributed by atoms with van der Waals surface area (Å²) in [7, 11) is 0. The van der Waals surface area contributed by atoms with Crippen molar-refractivity contribution in [3.8, 4) is 5.75 Å². The van der Waals surface area contributed by atoms with Gasteiger partial charge in [0, 0.05) is 16.1 Å². The Labute approximate surface area is 185 Å². The monoisotopic (exact) mass is 446 g/mol. The molecule has 0 aromatic heterocycles. The van der Waals surface area contributed by atoms with Crippen LogP contribution in [0.15, 0.2) is 60.7 Å². The molecule has 0 bridgehead atoms. The first-order chi connectivity index (χ1) is 14.4. The molecule has 3 aromatic carbocycles. The summed E-state index contributed by atoms with van der Waals surface area (Å²) in [5.41, 5.74) is 3.48. The second kappa shape index (κ2) is 8.95. The second-order valence-corrected chi connectivity index (χ2v) is 8.86. The number of hydrogen-bond donors (Lipinski definition) is 0. The lowest BCUT2D eigenvalue weighted by molar-refractivity contribution is 0.248. The van der Waals surface area contributed by atoms with Gasteiger partial charge in [0.2, 0.25) is 0 Å². The fourth-order valence-electron chi connectivity index (χ4n) is 4.41. The van der Waals surface area contributed by atoms with Gasteiger partial charge in [0.25, 0.3) is 0 Å². The second-order valence-electron chi connectivity index (χ2n) is 8.01. The van der Waals surface area contributed by atoms with Gasteiger partial charge in [-0.25, -0.2) is 8.78 Å². The molecule has 1 saturated carbocycles. The molecule has 0 radical (unpaired) electrons. The van der Waals surface area contributed by atoms with E-state index in [1.165, 1.54) is 11.6 Å². The number of halogens is 4. The third kappa shape index (κ3) is 4.63. The Bertz CT molecular complexity index is 1040. The number of benzene rings is 3. The van der Waals surface area contributed by atoms with Gasteiger partial charge < -0.3 is 4.74 Å². The van der Waals surface area contributed by atoms with Gasteiger partial charge in [-0.05, 0) is 84.5 Å². The zero-order valence-electron chi connectivity index (χ0n) is 16.5. The highest BCUT2D eigenvalue weighted by molar-refractivity contribution is 6.31. The molecule has 156 valence electrons. The maximum absolute atomic E-state index is 13.5. The van der Waals surface area contributed by atoms with E-state index < -0.39 is 11.6 Å². The zero-order valence-corrected chi connectivity index (χ0v) is 18.1. The molecule has 4 rings (SSSR count). The Morgan fingerprint density at radius 2 is 1.60 bits per heavy atom. The lowest BCUT2D eigenvalue weighted by Gasteiger charge is -2.22. The first kappa shape index (κ1) is 21.1. The Morgan fingerprint density at radius 3 is 2.30 bits per heavy atom. The molecule has 1 aliphatic rings. The highest BCUT2D eigenvalue weighted by atomic mass is 35.5. The van der Waals surface area contributed by atoms with Gasteiger partial charge in [-0.1, -0.05) is 47.5 Å². The molecule has 30 heavy (non-hydrogen) atoms. The van der Waals surface area contributed by atoms with Crippen molar-refractivity contribution in [2.24, 2.45) is 5.92 Å². The van der Waals surface area contributed by atoms with E-state index in [2.05, 4.69) is 24.3 Å². The summed E-state index contributed by atoms with van der Waals surface area (Å²) in [5, 5.41) is 1.49. The summed E-state index contributed by atoms with van der Waals surface area (Å²) < 4.78 is 32.4. The number of ether oxygens (including phenoxy) is 1. The maximum atomic E-state index is 13.5. The Balaban J connectivity index is 1.56. The van der Waals surface area contributed by atoms with Crippen LogP contribution in [0.25, 0.3) is 0 Å². The number of rotatable bonds is 5. The summed E-state index contributed by atoms with van der Waals surface area (Å²) in [6.45, 7) is 2.47. The van der Waals surface area contributed by atoms with Crippen LogP contribution < -0.4 is 4.74 Å². The average Bonchev–Trinajstić information content (AvgIpc) is 3.13. The summed E-state index contributed by atoms with van der Waals surface area (Å²) in [6, 6.07) is 17.8. The molecule has 3 aromatic rings. The molecule has 0 aliphatic heterocycles. The minimum atomic E-state index is -0.901. The van der Waals surface area contributed by atoms with Gasteiger partial charge in [0.1, 0.15) is 5.75 Å². The molecule has 5 heteroatoms. The van der Waals surface area contributed by atoms with E-state index in [9.17, 15) is 8.78 Å². The predicted octanol–water partition coefficient (Wildman–Crippen LogP) is 7.94. The number of hydrogen-bond acceptors (Lipinski definition) is 1. The molecule has 0 saturated heterocycles. The Kier molecular flexibility index (Phi) is 6.31. The van der Waals surface area contributed by atoms with E-state index in [-0.39, 0.29) is 17.8 Å². The fraction of sp³-hybridized carbons (Fsp3) is 0.280. The molecule has 0 spiro atoms. The fourth-order valence-corrected chi connectivity index (χ4v) is 4.92. The molecule has 0 N–H and O–H groups in total. The van der Waals surface area contributed by atoms with Crippen molar-refractivity contribution in [2.45, 2.75) is 31.6 Å². The summed E-state index contributed by atoms with van der Waals surface area (Å²) in [4.78, 5) is 0. The molecule has 1 fully saturated rings. The van der Waals surface area contributed by atoms with Crippen molar-refractivity contribution < 1.29 is 13.5 Å². The smallest absolute Gasteiger partial charge is 0.162 e. The van der Waals surface area contributed by atoms with Gasteiger partial charge >= 0.3 is 0 Å². The molecule has 1 nitrogen and oxygen atoms in total. The van der Waals surface area contributed by atoms with E-state index in [1.54, 1.807) is 0 Å². The van der Waals surface area contributed by atoms with Gasteiger partial charge in [-0.2, -0.15) is 0 Å². The molecule has 1 aliphatic carbocycles. The van der Waals surface area contributed by atoms with Crippen molar-refractivity contribution >= 4 is 23.2 Å². The van der Waals surface area contributed by atoms with Crippen molar-refractivity contribution in [1.82, 2.24) is 0 Å². The molecule has 0 heterocycles. The van der Waals surface area contributed by atoms with Crippen molar-refractivity contribution in [3.63, 3.8) is 0 Å². The van der Waals surface area contributed by atoms with Crippen LogP contribution in [0.2, 0.25) is 10.0 Å². The third-order valence-electron chi connectivity index (χ3n) is 5.89. The Hall–Kier alpha value is -2.10.